The summed E-state index contributed by atoms with van der Waals surface area (Å²) >= 11 is 0. The lowest BCUT2D eigenvalue weighted by atomic mass is 9.91. The molecule has 0 unspecified atom stereocenters. The van der Waals surface area contributed by atoms with Gasteiger partial charge >= 0.3 is 0 Å². The second kappa shape index (κ2) is 15.2. The third-order valence-electron chi connectivity index (χ3n) is 13.9. The van der Waals surface area contributed by atoms with E-state index in [0.29, 0.717) is 5.82 Å². The molecule has 0 aliphatic heterocycles. The van der Waals surface area contributed by atoms with Gasteiger partial charge in [-0.2, -0.15) is 0 Å². The van der Waals surface area contributed by atoms with Crippen molar-refractivity contribution in [3.05, 3.63) is 243 Å². The summed E-state index contributed by atoms with van der Waals surface area (Å²) in [4.78, 5) is 11.0. The maximum atomic E-state index is 5.54. The molecule has 0 aliphatic carbocycles. The van der Waals surface area contributed by atoms with Gasteiger partial charge in [-0.15, -0.1) is 0 Å². The van der Waals surface area contributed by atoms with Gasteiger partial charge in [0.2, 0.25) is 0 Å². The van der Waals surface area contributed by atoms with Gasteiger partial charge in [0.25, 0.3) is 0 Å². The van der Waals surface area contributed by atoms with Crippen molar-refractivity contribution in [1.82, 2.24) is 19.1 Å². The first-order valence-corrected chi connectivity index (χ1v) is 23.2. The van der Waals surface area contributed by atoms with E-state index >= 15 is 0 Å². The van der Waals surface area contributed by atoms with E-state index in [1.54, 1.807) is 0 Å². The van der Waals surface area contributed by atoms with E-state index in [1.165, 1.54) is 59.4 Å². The van der Waals surface area contributed by atoms with Crippen LogP contribution >= 0.6 is 0 Å². The average molecular weight is 865 g/mol. The number of fused-ring (bicyclic) bond motifs is 12. The number of hydrogen-bond acceptors (Lipinski definition) is 2. The van der Waals surface area contributed by atoms with Crippen LogP contribution in [0, 0.1) is 0 Å². The Kier molecular flexibility index (Phi) is 8.55. The van der Waals surface area contributed by atoms with Gasteiger partial charge in [-0.25, -0.2) is 9.97 Å². The number of hydrogen-bond donors (Lipinski definition) is 0. The molecule has 0 fully saturated rings. The molecule has 0 aliphatic rings. The highest BCUT2D eigenvalue weighted by Gasteiger charge is 2.19. The monoisotopic (exact) mass is 864 g/mol. The molecule has 4 heteroatoms. The van der Waals surface area contributed by atoms with E-state index in [0.717, 1.165) is 67.1 Å². The highest BCUT2D eigenvalue weighted by molar-refractivity contribution is 6.26. The molecular formula is C64H40N4. The molecule has 0 radical (unpaired) electrons. The van der Waals surface area contributed by atoms with Gasteiger partial charge < -0.3 is 9.13 Å². The Bertz CT molecular complexity index is 4230. The standard InChI is InChI=1S/C64H40N4/c1-3-17-41(18-4-1)58-40-59(43-32-34-56-55-27-13-14-28-60(55)67(63(56)39-43)46-19-5-2-6-20-46)66-64(65-58)45-35-44(36-47(37-45)68-61-29-15-11-25-53(61)54-26-12-16-30-62(54)68)42-31-33-52-50-23-8-7-21-48(50)49-22-9-10-24-51(49)57(52)38-42/h1-40H. The highest BCUT2D eigenvalue weighted by Crippen LogP contribution is 2.41. The number of nitrogens with zero attached hydrogens (tertiary/aromatic N) is 4. The van der Waals surface area contributed by atoms with Gasteiger partial charge in [0.1, 0.15) is 0 Å². The highest BCUT2D eigenvalue weighted by atomic mass is 15.0. The molecule has 3 heterocycles. The Hall–Kier alpha value is -9.12. The minimum absolute atomic E-state index is 0.658. The molecule has 0 saturated carbocycles. The SMILES string of the molecule is c1ccc(-c2cc(-c3ccc4c5ccccc5n(-c5ccccc5)c4c3)nc(-c3cc(-c4ccc5c6ccccc6c6ccccc6c5c4)cc(-n4c5ccccc5c5ccccc54)c3)n2)cc1. The van der Waals surface area contributed by atoms with Gasteiger partial charge in [-0.05, 0) is 110 Å². The van der Waals surface area contributed by atoms with Crippen LogP contribution in [0.1, 0.15) is 0 Å². The molecule has 0 N–H and O–H groups in total. The molecule has 14 aromatic rings. The molecule has 0 amide bonds. The Morgan fingerprint density at radius 2 is 0.647 bits per heavy atom. The summed E-state index contributed by atoms with van der Waals surface area (Å²) in [6, 6.07) is 87.6. The molecule has 11 aromatic carbocycles. The molecule has 0 saturated heterocycles. The van der Waals surface area contributed by atoms with Crippen LogP contribution in [-0.2, 0) is 0 Å². The van der Waals surface area contributed by atoms with Crippen molar-refractivity contribution in [3.63, 3.8) is 0 Å². The second-order valence-corrected chi connectivity index (χ2v) is 17.7. The summed E-state index contributed by atoms with van der Waals surface area (Å²) in [5.74, 6) is 0.658. The fraction of sp³-hybridized carbons (Fsp3) is 0. The zero-order valence-corrected chi connectivity index (χ0v) is 36.9. The first-order valence-electron chi connectivity index (χ1n) is 23.2. The molecule has 0 atom stereocenters. The van der Waals surface area contributed by atoms with Crippen LogP contribution in [0.15, 0.2) is 243 Å². The van der Waals surface area contributed by atoms with E-state index in [4.69, 9.17) is 9.97 Å². The fourth-order valence-corrected chi connectivity index (χ4v) is 10.8. The number of benzene rings is 11. The molecule has 3 aromatic heterocycles. The van der Waals surface area contributed by atoms with E-state index in [-0.39, 0.29) is 0 Å². The van der Waals surface area contributed by atoms with Crippen molar-refractivity contribution in [1.29, 1.82) is 0 Å². The van der Waals surface area contributed by atoms with Crippen molar-refractivity contribution in [2.75, 3.05) is 0 Å². The number of aromatic nitrogens is 4. The van der Waals surface area contributed by atoms with Gasteiger partial charge in [0.15, 0.2) is 5.82 Å². The van der Waals surface area contributed by atoms with Crippen LogP contribution in [0.4, 0.5) is 0 Å². The maximum absolute atomic E-state index is 5.54. The van der Waals surface area contributed by atoms with Crippen LogP contribution in [-0.4, -0.2) is 19.1 Å². The van der Waals surface area contributed by atoms with Crippen molar-refractivity contribution in [3.8, 4) is 56.4 Å². The van der Waals surface area contributed by atoms with Crippen LogP contribution in [0.2, 0.25) is 0 Å². The molecular weight excluding hydrogens is 825 g/mol. The molecule has 0 bridgehead atoms. The average Bonchev–Trinajstić information content (AvgIpc) is 3.94. The van der Waals surface area contributed by atoms with Gasteiger partial charge in [-0.1, -0.05) is 176 Å². The Morgan fingerprint density at radius 3 is 1.25 bits per heavy atom. The normalized spacial score (nSPS) is 11.8. The summed E-state index contributed by atoms with van der Waals surface area (Å²) in [5, 5.41) is 12.4. The molecule has 316 valence electrons. The molecule has 68 heavy (non-hydrogen) atoms. The third-order valence-corrected chi connectivity index (χ3v) is 13.9. The second-order valence-electron chi connectivity index (χ2n) is 17.7. The van der Waals surface area contributed by atoms with E-state index in [9.17, 15) is 0 Å². The third kappa shape index (κ3) is 6.01. The molecule has 4 nitrogen and oxygen atoms in total. The fourth-order valence-electron chi connectivity index (χ4n) is 10.8. The Morgan fingerprint density at radius 1 is 0.221 bits per heavy atom. The Balaban J connectivity index is 1.03. The summed E-state index contributed by atoms with van der Waals surface area (Å²) in [6.45, 7) is 0. The summed E-state index contributed by atoms with van der Waals surface area (Å²) < 4.78 is 4.77. The van der Waals surface area contributed by atoms with E-state index < -0.39 is 0 Å². The van der Waals surface area contributed by atoms with Crippen molar-refractivity contribution >= 4 is 75.9 Å². The number of para-hydroxylation sites is 4. The smallest absolute Gasteiger partial charge is 0.160 e. The molecule has 0 spiro atoms. The predicted molar refractivity (Wildman–Crippen MR) is 285 cm³/mol. The van der Waals surface area contributed by atoms with E-state index in [1.807, 2.05) is 0 Å². The van der Waals surface area contributed by atoms with Crippen molar-refractivity contribution in [2.24, 2.45) is 0 Å². The van der Waals surface area contributed by atoms with Crippen LogP contribution in [0.3, 0.4) is 0 Å². The lowest BCUT2D eigenvalue weighted by Crippen LogP contribution is -1.99. The van der Waals surface area contributed by atoms with E-state index in [2.05, 4.69) is 252 Å². The Labute approximate surface area is 392 Å². The quantitative estimate of drug-likeness (QED) is 0.156. The van der Waals surface area contributed by atoms with Gasteiger partial charge in [0, 0.05) is 49.6 Å². The summed E-state index contributed by atoms with van der Waals surface area (Å²) in [5.41, 5.74) is 13.7. The largest absolute Gasteiger partial charge is 0.309 e. The summed E-state index contributed by atoms with van der Waals surface area (Å²) in [7, 11) is 0. The lowest BCUT2D eigenvalue weighted by molar-refractivity contribution is 1.16. The predicted octanol–water partition coefficient (Wildman–Crippen LogP) is 16.8. The van der Waals surface area contributed by atoms with Crippen LogP contribution < -0.4 is 0 Å². The number of rotatable bonds is 6. The minimum Gasteiger partial charge on any atom is -0.309 e. The lowest BCUT2D eigenvalue weighted by Gasteiger charge is -2.16. The zero-order valence-electron chi connectivity index (χ0n) is 36.9. The van der Waals surface area contributed by atoms with Gasteiger partial charge in [-0.3, -0.25) is 0 Å². The summed E-state index contributed by atoms with van der Waals surface area (Å²) in [6.07, 6.45) is 0. The van der Waals surface area contributed by atoms with Crippen LogP contribution in [0.25, 0.3) is 132 Å². The molecule has 14 rings (SSSR count). The van der Waals surface area contributed by atoms with Crippen molar-refractivity contribution in [2.45, 2.75) is 0 Å². The maximum Gasteiger partial charge on any atom is 0.160 e. The minimum atomic E-state index is 0.658. The first kappa shape index (κ1) is 38.2. The van der Waals surface area contributed by atoms with Gasteiger partial charge in [0.05, 0.1) is 33.5 Å². The first-order chi connectivity index (χ1) is 33.7. The van der Waals surface area contributed by atoms with Crippen molar-refractivity contribution < 1.29 is 0 Å². The topological polar surface area (TPSA) is 35.6 Å². The van der Waals surface area contributed by atoms with Crippen LogP contribution in [0.5, 0.6) is 0 Å². The zero-order chi connectivity index (χ0) is 44.7.